The van der Waals surface area contributed by atoms with Crippen LogP contribution in [0.3, 0.4) is 0 Å². The summed E-state index contributed by atoms with van der Waals surface area (Å²) in [5.74, 6) is 0. The zero-order valence-electron chi connectivity index (χ0n) is 9.46. The van der Waals surface area contributed by atoms with Crippen LogP contribution in [0, 0.1) is 12.5 Å². The number of hydrogen-bond donors (Lipinski definition) is 0. The van der Waals surface area contributed by atoms with E-state index >= 15 is 0 Å². The Bertz CT molecular complexity index is 423. The van der Waals surface area contributed by atoms with Gasteiger partial charge >= 0.3 is 0 Å². The molecular weight excluding hydrogens is 200 g/mol. The van der Waals surface area contributed by atoms with Gasteiger partial charge in [0.25, 0.3) is 0 Å². The molecule has 0 saturated heterocycles. The van der Waals surface area contributed by atoms with E-state index < -0.39 is 0 Å². The lowest BCUT2D eigenvalue weighted by Gasteiger charge is -2.20. The Hall–Kier alpha value is -2.11. The molecule has 1 rings (SSSR count). The molecule has 0 amide bonds. The second-order valence-electron chi connectivity index (χ2n) is 3.65. The van der Waals surface area contributed by atoms with Crippen LogP contribution in [0.4, 0.5) is 5.69 Å². The summed E-state index contributed by atoms with van der Waals surface area (Å²) in [7, 11) is 1.89. The van der Waals surface area contributed by atoms with Crippen LogP contribution in [0.25, 0.3) is 10.4 Å². The van der Waals surface area contributed by atoms with Crippen LogP contribution in [0.1, 0.15) is 12.5 Å². The fourth-order valence-electron chi connectivity index (χ4n) is 1.36. The van der Waals surface area contributed by atoms with E-state index in [0.29, 0.717) is 5.69 Å². The lowest BCUT2D eigenvalue weighted by molar-refractivity contribution is 0.370. The molecule has 1 aromatic carbocycles. The molecule has 1 aromatic rings. The minimum atomic E-state index is 0.287. The number of hydrogen-bond acceptors (Lipinski definition) is 2. The molecule has 0 saturated carbocycles. The van der Waals surface area contributed by atoms with Crippen molar-refractivity contribution in [2.45, 2.75) is 19.4 Å². The van der Waals surface area contributed by atoms with Crippen molar-refractivity contribution in [3.8, 4) is 12.5 Å². The van der Waals surface area contributed by atoms with E-state index in [1.165, 1.54) is 5.56 Å². The molecule has 82 valence electrons. The van der Waals surface area contributed by atoms with Crippen molar-refractivity contribution in [2.24, 2.45) is 5.11 Å². The summed E-state index contributed by atoms with van der Waals surface area (Å²) < 4.78 is 0. The first-order valence-corrected chi connectivity index (χ1v) is 5.00. The van der Waals surface area contributed by atoms with Gasteiger partial charge in [-0.1, -0.05) is 35.8 Å². The number of nitrogens with zero attached hydrogens (tertiary/aromatic N) is 4. The van der Waals surface area contributed by atoms with Crippen LogP contribution in [0.2, 0.25) is 0 Å². The minimum Gasteiger partial charge on any atom is -0.333 e. The van der Waals surface area contributed by atoms with E-state index in [-0.39, 0.29) is 6.04 Å². The Labute approximate surface area is 95.5 Å². The maximum Gasteiger partial charge on any atom is 0.0380 e. The zero-order valence-corrected chi connectivity index (χ0v) is 9.46. The van der Waals surface area contributed by atoms with Crippen LogP contribution < -0.4 is 0 Å². The fraction of sp³-hybridized carbons (Fsp3) is 0.333. The van der Waals surface area contributed by atoms with Crippen LogP contribution in [0.15, 0.2) is 29.4 Å². The summed E-state index contributed by atoms with van der Waals surface area (Å²) in [5.41, 5.74) is 10.1. The predicted molar refractivity (Wildman–Crippen MR) is 65.0 cm³/mol. The van der Waals surface area contributed by atoms with Crippen molar-refractivity contribution < 1.29 is 0 Å². The monoisotopic (exact) mass is 214 g/mol. The number of benzene rings is 1. The molecule has 0 aromatic heterocycles. The third-order valence-electron chi connectivity index (χ3n) is 2.49. The van der Waals surface area contributed by atoms with Crippen LogP contribution in [-0.2, 0) is 6.42 Å². The third kappa shape index (κ3) is 3.23. The minimum absolute atomic E-state index is 0.287. The highest BCUT2D eigenvalue weighted by Crippen LogP contribution is 2.15. The standard InChI is InChI=1S/C12H14N4/c1-4-16(3)10(2)9-11-5-7-12(8-6-11)14-15-13/h1,5-8,10H,9H2,2-3H3. The molecule has 1 atom stereocenters. The van der Waals surface area contributed by atoms with Gasteiger partial charge < -0.3 is 4.90 Å². The first kappa shape index (κ1) is 12.0. The predicted octanol–water partition coefficient (Wildman–Crippen LogP) is 3.08. The Morgan fingerprint density at radius 1 is 1.50 bits per heavy atom. The van der Waals surface area contributed by atoms with Crippen LogP contribution >= 0.6 is 0 Å². The van der Waals surface area contributed by atoms with Gasteiger partial charge in [-0.3, -0.25) is 0 Å². The van der Waals surface area contributed by atoms with Gasteiger partial charge in [0.15, 0.2) is 0 Å². The van der Waals surface area contributed by atoms with E-state index in [1.807, 2.05) is 24.1 Å². The van der Waals surface area contributed by atoms with Gasteiger partial charge in [-0.05, 0) is 24.4 Å². The maximum atomic E-state index is 8.27. The molecule has 0 aliphatic rings. The number of azide groups is 1. The summed E-state index contributed by atoms with van der Waals surface area (Å²) in [6.07, 6.45) is 6.18. The summed E-state index contributed by atoms with van der Waals surface area (Å²) in [5, 5.41) is 3.52. The highest BCUT2D eigenvalue weighted by atomic mass is 15.1. The molecule has 0 spiro atoms. The topological polar surface area (TPSA) is 52.0 Å². The Morgan fingerprint density at radius 2 is 2.12 bits per heavy atom. The van der Waals surface area contributed by atoms with Crippen LogP contribution in [0.5, 0.6) is 0 Å². The molecule has 16 heavy (non-hydrogen) atoms. The normalized spacial score (nSPS) is 11.1. The second-order valence-corrected chi connectivity index (χ2v) is 3.65. The largest absolute Gasteiger partial charge is 0.333 e. The van der Waals surface area contributed by atoms with Gasteiger partial charge in [-0.25, -0.2) is 0 Å². The van der Waals surface area contributed by atoms with E-state index in [9.17, 15) is 0 Å². The first-order valence-electron chi connectivity index (χ1n) is 5.00. The van der Waals surface area contributed by atoms with Gasteiger partial charge in [0.2, 0.25) is 0 Å². The lowest BCUT2D eigenvalue weighted by atomic mass is 10.1. The highest BCUT2D eigenvalue weighted by molar-refractivity contribution is 5.38. The van der Waals surface area contributed by atoms with Crippen molar-refractivity contribution in [3.63, 3.8) is 0 Å². The Morgan fingerprint density at radius 3 is 2.62 bits per heavy atom. The zero-order chi connectivity index (χ0) is 12.0. The van der Waals surface area contributed by atoms with E-state index in [4.69, 9.17) is 12.0 Å². The highest BCUT2D eigenvalue weighted by Gasteiger charge is 2.06. The molecule has 0 aliphatic carbocycles. The molecule has 0 aliphatic heterocycles. The van der Waals surface area contributed by atoms with Crippen molar-refractivity contribution in [2.75, 3.05) is 7.05 Å². The first-order chi connectivity index (χ1) is 7.67. The van der Waals surface area contributed by atoms with Gasteiger partial charge in [0.1, 0.15) is 0 Å². The lowest BCUT2D eigenvalue weighted by Crippen LogP contribution is -2.26. The van der Waals surface area contributed by atoms with Crippen molar-refractivity contribution >= 4 is 5.69 Å². The average Bonchev–Trinajstić information content (AvgIpc) is 2.31. The van der Waals surface area contributed by atoms with E-state index in [0.717, 1.165) is 6.42 Å². The maximum absolute atomic E-state index is 8.27. The second kappa shape index (κ2) is 5.69. The Kier molecular flexibility index (Phi) is 4.26. The number of rotatable bonds is 4. The molecule has 1 unspecified atom stereocenters. The van der Waals surface area contributed by atoms with E-state index in [1.54, 1.807) is 12.1 Å². The third-order valence-corrected chi connectivity index (χ3v) is 2.49. The van der Waals surface area contributed by atoms with Gasteiger partial charge in [0, 0.05) is 29.7 Å². The van der Waals surface area contributed by atoms with Crippen LogP contribution in [-0.4, -0.2) is 18.0 Å². The summed E-state index contributed by atoms with van der Waals surface area (Å²) in [4.78, 5) is 4.56. The average molecular weight is 214 g/mol. The molecule has 0 heterocycles. The molecule has 0 bridgehead atoms. The molecule has 0 fully saturated rings. The molecule has 0 radical (unpaired) electrons. The smallest absolute Gasteiger partial charge is 0.0380 e. The molecule has 0 N–H and O–H groups in total. The quantitative estimate of drug-likeness (QED) is 0.250. The molecule has 4 heteroatoms. The molecular formula is C12H14N4. The summed E-state index contributed by atoms with van der Waals surface area (Å²) in [6.45, 7) is 2.07. The molecule has 4 nitrogen and oxygen atoms in total. The van der Waals surface area contributed by atoms with E-state index in [2.05, 4.69) is 23.0 Å². The van der Waals surface area contributed by atoms with Gasteiger partial charge in [-0.2, -0.15) is 0 Å². The van der Waals surface area contributed by atoms with Gasteiger partial charge in [0.05, 0.1) is 0 Å². The summed E-state index contributed by atoms with van der Waals surface area (Å²) in [6, 6.07) is 10.4. The summed E-state index contributed by atoms with van der Waals surface area (Å²) >= 11 is 0. The number of terminal acetylenes is 1. The van der Waals surface area contributed by atoms with Crippen molar-refractivity contribution in [1.29, 1.82) is 0 Å². The Balaban J connectivity index is 2.69. The SMILES string of the molecule is C#CN(C)C(C)Cc1ccc(N=[N+]=[N-])cc1. The fourth-order valence-corrected chi connectivity index (χ4v) is 1.36. The number of likely N-dealkylation sites (N-methyl/N-ethyl adjacent to an activating group) is 1. The van der Waals surface area contributed by atoms with Crippen molar-refractivity contribution in [1.82, 2.24) is 4.90 Å². The van der Waals surface area contributed by atoms with Gasteiger partial charge in [-0.15, -0.1) is 0 Å². The van der Waals surface area contributed by atoms with Crippen molar-refractivity contribution in [3.05, 3.63) is 40.3 Å².